The molecule has 3 saturated heterocycles. The summed E-state index contributed by atoms with van der Waals surface area (Å²) < 4.78 is 0. The fourth-order valence-corrected chi connectivity index (χ4v) is 5.98. The Balaban J connectivity index is 1.41. The second-order valence-corrected chi connectivity index (χ2v) is 9.23. The Morgan fingerprint density at radius 1 is 0.962 bits per heavy atom. The average Bonchev–Trinajstić information content (AvgIpc) is 3.18. The van der Waals surface area contributed by atoms with Gasteiger partial charge in [0.25, 0.3) is 0 Å². The van der Waals surface area contributed by atoms with E-state index in [1.807, 2.05) is 18.7 Å². The van der Waals surface area contributed by atoms with Crippen LogP contribution in [0, 0.1) is 5.41 Å². The third-order valence-electron chi connectivity index (χ3n) is 7.43. The standard InChI is InChI=1S/C21H35N3O2/c1-16(2)24-18(21(20(24)26)10-4-5-11-21)19(25)23-14-8-17(9-15-23)22-12-6-3-7-13-22/h16-18H,3-15H2,1-2H3. The molecule has 4 rings (SSSR count). The van der Waals surface area contributed by atoms with Crippen molar-refractivity contribution in [3.8, 4) is 0 Å². The molecule has 1 saturated carbocycles. The Morgan fingerprint density at radius 2 is 1.58 bits per heavy atom. The lowest BCUT2D eigenvalue weighted by molar-refractivity contribution is -0.185. The molecule has 146 valence electrons. The quantitative estimate of drug-likeness (QED) is 0.726. The minimum absolute atomic E-state index is 0.119. The van der Waals surface area contributed by atoms with Gasteiger partial charge in [-0.15, -0.1) is 0 Å². The summed E-state index contributed by atoms with van der Waals surface area (Å²) >= 11 is 0. The minimum atomic E-state index is -0.356. The zero-order valence-electron chi connectivity index (χ0n) is 16.6. The molecule has 0 bridgehead atoms. The van der Waals surface area contributed by atoms with Gasteiger partial charge in [-0.25, -0.2) is 0 Å². The molecule has 0 aromatic carbocycles. The number of β-lactam (4-membered cyclic amide) rings is 1. The molecule has 4 aliphatic rings. The zero-order chi connectivity index (χ0) is 18.3. The number of nitrogens with zero attached hydrogens (tertiary/aromatic N) is 3. The van der Waals surface area contributed by atoms with Crippen molar-refractivity contribution in [3.63, 3.8) is 0 Å². The number of carbonyl (C=O) groups excluding carboxylic acids is 2. The maximum Gasteiger partial charge on any atom is 0.246 e. The van der Waals surface area contributed by atoms with E-state index in [-0.39, 0.29) is 29.3 Å². The van der Waals surface area contributed by atoms with Crippen molar-refractivity contribution in [1.29, 1.82) is 0 Å². The summed E-state index contributed by atoms with van der Waals surface area (Å²) in [6.07, 6.45) is 10.2. The zero-order valence-corrected chi connectivity index (χ0v) is 16.6. The number of likely N-dealkylation sites (tertiary alicyclic amines) is 3. The molecule has 1 unspecified atom stereocenters. The predicted octanol–water partition coefficient (Wildman–Crippen LogP) is 2.64. The lowest BCUT2D eigenvalue weighted by atomic mass is 9.67. The molecule has 1 aliphatic carbocycles. The second-order valence-electron chi connectivity index (χ2n) is 9.23. The molecule has 5 heteroatoms. The molecule has 0 radical (unpaired) electrons. The van der Waals surface area contributed by atoms with E-state index < -0.39 is 0 Å². The Bertz CT molecular complexity index is 541. The van der Waals surface area contributed by atoms with Gasteiger partial charge in [-0.05, 0) is 65.5 Å². The molecule has 0 aromatic rings. The third kappa shape index (κ3) is 2.87. The maximum absolute atomic E-state index is 13.4. The van der Waals surface area contributed by atoms with Crippen LogP contribution in [0.25, 0.3) is 0 Å². The van der Waals surface area contributed by atoms with Crippen LogP contribution in [0.4, 0.5) is 0 Å². The second kappa shape index (κ2) is 7.14. The van der Waals surface area contributed by atoms with Gasteiger partial charge in [-0.3, -0.25) is 9.59 Å². The molecule has 0 N–H and O–H groups in total. The fraction of sp³-hybridized carbons (Fsp3) is 0.905. The van der Waals surface area contributed by atoms with Crippen molar-refractivity contribution in [2.24, 2.45) is 5.41 Å². The molecule has 3 aliphatic heterocycles. The highest BCUT2D eigenvalue weighted by molar-refractivity contribution is 6.02. The van der Waals surface area contributed by atoms with Crippen molar-refractivity contribution in [1.82, 2.24) is 14.7 Å². The fourth-order valence-electron chi connectivity index (χ4n) is 5.98. The third-order valence-corrected chi connectivity index (χ3v) is 7.43. The van der Waals surface area contributed by atoms with Gasteiger partial charge in [0.2, 0.25) is 11.8 Å². The molecule has 0 aromatic heterocycles. The van der Waals surface area contributed by atoms with Crippen molar-refractivity contribution >= 4 is 11.8 Å². The van der Waals surface area contributed by atoms with Crippen LogP contribution < -0.4 is 0 Å². The summed E-state index contributed by atoms with van der Waals surface area (Å²) in [6, 6.07) is 0.585. The van der Waals surface area contributed by atoms with Gasteiger partial charge in [0.1, 0.15) is 6.04 Å². The highest BCUT2D eigenvalue weighted by Crippen LogP contribution is 2.53. The predicted molar refractivity (Wildman–Crippen MR) is 102 cm³/mol. The van der Waals surface area contributed by atoms with Crippen LogP contribution in [0.2, 0.25) is 0 Å². The van der Waals surface area contributed by atoms with Gasteiger partial charge >= 0.3 is 0 Å². The van der Waals surface area contributed by atoms with Crippen molar-refractivity contribution in [2.45, 2.75) is 89.8 Å². The van der Waals surface area contributed by atoms with Crippen LogP contribution in [-0.4, -0.2) is 70.8 Å². The van der Waals surface area contributed by atoms with E-state index >= 15 is 0 Å². The first kappa shape index (κ1) is 18.3. The lowest BCUT2D eigenvalue weighted by Gasteiger charge is -2.57. The van der Waals surface area contributed by atoms with E-state index in [0.29, 0.717) is 6.04 Å². The van der Waals surface area contributed by atoms with Crippen LogP contribution in [0.15, 0.2) is 0 Å². The Morgan fingerprint density at radius 3 is 2.15 bits per heavy atom. The van der Waals surface area contributed by atoms with Crippen LogP contribution in [0.3, 0.4) is 0 Å². The number of hydrogen-bond acceptors (Lipinski definition) is 3. The molecule has 1 spiro atoms. The molecule has 1 atom stereocenters. The van der Waals surface area contributed by atoms with Gasteiger partial charge in [0.15, 0.2) is 0 Å². The number of rotatable bonds is 3. The normalized spacial score (nSPS) is 30.3. The first-order chi connectivity index (χ1) is 12.5. The number of piperidine rings is 2. The van der Waals surface area contributed by atoms with Gasteiger partial charge in [-0.2, -0.15) is 0 Å². The molecule has 4 fully saturated rings. The van der Waals surface area contributed by atoms with Crippen LogP contribution in [-0.2, 0) is 9.59 Å². The molecular formula is C21H35N3O2. The van der Waals surface area contributed by atoms with E-state index in [9.17, 15) is 9.59 Å². The molecule has 3 heterocycles. The average molecular weight is 362 g/mol. The van der Waals surface area contributed by atoms with Gasteiger partial charge in [-0.1, -0.05) is 19.3 Å². The summed E-state index contributed by atoms with van der Waals surface area (Å²) in [7, 11) is 0. The Kier molecular flexibility index (Phi) is 5.02. The minimum Gasteiger partial charge on any atom is -0.341 e. The van der Waals surface area contributed by atoms with Gasteiger partial charge in [0.05, 0.1) is 5.41 Å². The summed E-state index contributed by atoms with van der Waals surface area (Å²) in [4.78, 5) is 32.8. The first-order valence-electron chi connectivity index (χ1n) is 10.9. The topological polar surface area (TPSA) is 43.9 Å². The van der Waals surface area contributed by atoms with Crippen molar-refractivity contribution in [2.75, 3.05) is 26.2 Å². The monoisotopic (exact) mass is 361 g/mol. The van der Waals surface area contributed by atoms with Gasteiger partial charge < -0.3 is 14.7 Å². The van der Waals surface area contributed by atoms with E-state index in [1.54, 1.807) is 0 Å². The smallest absolute Gasteiger partial charge is 0.246 e. The summed E-state index contributed by atoms with van der Waals surface area (Å²) in [5, 5.41) is 0. The Hall–Kier alpha value is -1.10. The van der Waals surface area contributed by atoms with E-state index in [2.05, 4.69) is 9.80 Å². The first-order valence-corrected chi connectivity index (χ1v) is 10.9. The van der Waals surface area contributed by atoms with E-state index in [4.69, 9.17) is 0 Å². The maximum atomic E-state index is 13.4. The Labute approximate surface area is 158 Å². The van der Waals surface area contributed by atoms with Crippen LogP contribution >= 0.6 is 0 Å². The highest BCUT2D eigenvalue weighted by atomic mass is 16.2. The van der Waals surface area contributed by atoms with Crippen LogP contribution in [0.1, 0.15) is 71.6 Å². The highest BCUT2D eigenvalue weighted by Gasteiger charge is 2.65. The largest absolute Gasteiger partial charge is 0.341 e. The molecule has 26 heavy (non-hydrogen) atoms. The van der Waals surface area contributed by atoms with Crippen molar-refractivity contribution < 1.29 is 9.59 Å². The SMILES string of the molecule is CC(C)N1C(=O)C2(CCCC2)C1C(=O)N1CCC(N2CCCCC2)CC1. The van der Waals surface area contributed by atoms with E-state index in [1.165, 1.54) is 32.4 Å². The summed E-state index contributed by atoms with van der Waals surface area (Å²) in [5.41, 5.74) is -0.356. The number of carbonyl (C=O) groups is 2. The lowest BCUT2D eigenvalue weighted by Crippen LogP contribution is -2.74. The van der Waals surface area contributed by atoms with Gasteiger partial charge in [0, 0.05) is 25.2 Å². The van der Waals surface area contributed by atoms with Crippen LogP contribution in [0.5, 0.6) is 0 Å². The van der Waals surface area contributed by atoms with Crippen molar-refractivity contribution in [3.05, 3.63) is 0 Å². The summed E-state index contributed by atoms with van der Waals surface area (Å²) in [5.74, 6) is 0.476. The number of amides is 2. The molecular weight excluding hydrogens is 326 g/mol. The summed E-state index contributed by atoms with van der Waals surface area (Å²) in [6.45, 7) is 8.30. The number of hydrogen-bond donors (Lipinski definition) is 0. The molecule has 2 amide bonds. The van der Waals surface area contributed by atoms with E-state index in [0.717, 1.165) is 51.6 Å². The molecule has 5 nitrogen and oxygen atoms in total.